The molecule has 16 heavy (non-hydrogen) atoms. The Hall–Kier alpha value is -1.82. The van der Waals surface area contributed by atoms with Crippen LogP contribution in [0, 0.1) is 0 Å². The van der Waals surface area contributed by atoms with Crippen LogP contribution in [0.15, 0.2) is 48.5 Å². The second-order valence-electron chi connectivity index (χ2n) is 4.35. The molecule has 1 aliphatic rings. The zero-order valence-corrected chi connectivity index (χ0v) is 9.35. The van der Waals surface area contributed by atoms with Crippen LogP contribution in [-0.2, 0) is 0 Å². The minimum absolute atomic E-state index is 0.473. The highest BCUT2D eigenvalue weighted by molar-refractivity contribution is 5.85. The minimum Gasteiger partial charge on any atom is -0.0622 e. The normalized spacial score (nSPS) is 14.1. The maximum absolute atomic E-state index is 2.30. The highest BCUT2D eigenvalue weighted by atomic mass is 14.2. The molecule has 0 aromatic heterocycles. The molecule has 0 radical (unpaired) electrons. The summed E-state index contributed by atoms with van der Waals surface area (Å²) in [6.45, 7) is 2.26. The maximum Gasteiger partial charge on any atom is 0.00612 e. The Morgan fingerprint density at radius 1 is 0.750 bits per heavy atom. The van der Waals surface area contributed by atoms with Gasteiger partial charge in [0, 0.05) is 5.92 Å². The molecule has 0 fully saturated rings. The topological polar surface area (TPSA) is 0 Å². The third kappa shape index (κ3) is 1.47. The first kappa shape index (κ1) is 9.41. The molecule has 1 aliphatic carbocycles. The summed E-state index contributed by atoms with van der Waals surface area (Å²) in [7, 11) is 0. The fourth-order valence-corrected chi connectivity index (χ4v) is 2.18. The van der Waals surface area contributed by atoms with Crippen LogP contribution in [0.5, 0.6) is 0 Å². The predicted molar refractivity (Wildman–Crippen MR) is 69.3 cm³/mol. The molecule has 0 amide bonds. The first-order valence-electron chi connectivity index (χ1n) is 5.71. The van der Waals surface area contributed by atoms with Crippen LogP contribution >= 0.6 is 0 Å². The minimum atomic E-state index is 0.473. The highest BCUT2D eigenvalue weighted by Gasteiger charge is 2.11. The molecule has 0 heterocycles. The van der Waals surface area contributed by atoms with Gasteiger partial charge in [0.25, 0.3) is 0 Å². The van der Waals surface area contributed by atoms with E-state index in [4.69, 9.17) is 0 Å². The highest BCUT2D eigenvalue weighted by Crippen LogP contribution is 2.30. The lowest BCUT2D eigenvalue weighted by atomic mass is 9.88. The van der Waals surface area contributed by atoms with Crippen molar-refractivity contribution in [2.45, 2.75) is 12.8 Å². The lowest BCUT2D eigenvalue weighted by molar-refractivity contribution is 0.921. The Bertz CT molecular complexity index is 535. The summed E-state index contributed by atoms with van der Waals surface area (Å²) >= 11 is 0. The maximum atomic E-state index is 2.30. The molecule has 0 heteroatoms. The van der Waals surface area contributed by atoms with Gasteiger partial charge in [-0.05, 0) is 22.3 Å². The molecule has 2 aromatic rings. The Kier molecular flexibility index (Phi) is 2.14. The zero-order valence-electron chi connectivity index (χ0n) is 9.35. The molecule has 0 nitrogen and oxygen atoms in total. The van der Waals surface area contributed by atoms with Crippen molar-refractivity contribution in [3.05, 3.63) is 70.8 Å². The van der Waals surface area contributed by atoms with E-state index in [0.29, 0.717) is 5.92 Å². The molecular formula is C16H14. The molecule has 3 rings (SSSR count). The quantitative estimate of drug-likeness (QED) is 0.585. The van der Waals surface area contributed by atoms with Crippen molar-refractivity contribution in [3.63, 3.8) is 0 Å². The first-order chi connectivity index (χ1) is 7.84. The molecule has 2 aromatic carbocycles. The van der Waals surface area contributed by atoms with Crippen molar-refractivity contribution < 1.29 is 0 Å². The lowest BCUT2D eigenvalue weighted by Crippen LogP contribution is -1.98. The van der Waals surface area contributed by atoms with E-state index in [0.717, 1.165) is 0 Å². The van der Waals surface area contributed by atoms with Crippen molar-refractivity contribution in [2.75, 3.05) is 0 Å². The number of fused-ring (bicyclic) bond motifs is 1. The SMILES string of the molecule is CC(c1ccccc1)c1ccc2c(c1)C=C2. The number of benzene rings is 2. The summed E-state index contributed by atoms with van der Waals surface area (Å²) in [6.07, 6.45) is 4.34. The molecule has 1 unspecified atom stereocenters. The lowest BCUT2D eigenvalue weighted by Gasteiger charge is -2.17. The van der Waals surface area contributed by atoms with Crippen LogP contribution in [0.1, 0.15) is 35.1 Å². The molecule has 0 saturated carbocycles. The molecule has 0 saturated heterocycles. The van der Waals surface area contributed by atoms with E-state index in [1.807, 2.05) is 0 Å². The van der Waals surface area contributed by atoms with Gasteiger partial charge in [-0.1, -0.05) is 67.6 Å². The Balaban J connectivity index is 1.96. The van der Waals surface area contributed by atoms with E-state index in [1.54, 1.807) is 0 Å². The monoisotopic (exact) mass is 206 g/mol. The van der Waals surface area contributed by atoms with E-state index >= 15 is 0 Å². The number of rotatable bonds is 2. The molecule has 0 bridgehead atoms. The van der Waals surface area contributed by atoms with Gasteiger partial charge < -0.3 is 0 Å². The molecule has 0 aliphatic heterocycles. The van der Waals surface area contributed by atoms with Crippen LogP contribution in [-0.4, -0.2) is 0 Å². The predicted octanol–water partition coefficient (Wildman–Crippen LogP) is 4.32. The van der Waals surface area contributed by atoms with Crippen molar-refractivity contribution in [2.24, 2.45) is 0 Å². The standard InChI is InChI=1S/C16H14/c1-12(13-5-3-2-4-6-13)15-9-7-14-8-10-16(14)11-15/h2-12H,1H3. The Labute approximate surface area is 96.3 Å². The Morgan fingerprint density at radius 2 is 1.50 bits per heavy atom. The van der Waals surface area contributed by atoms with Gasteiger partial charge in [0.15, 0.2) is 0 Å². The number of hydrogen-bond donors (Lipinski definition) is 0. The third-order valence-corrected chi connectivity index (χ3v) is 3.35. The fourth-order valence-electron chi connectivity index (χ4n) is 2.18. The van der Waals surface area contributed by atoms with Crippen molar-refractivity contribution in [3.8, 4) is 0 Å². The average Bonchev–Trinajstić information content (AvgIpc) is 2.31. The van der Waals surface area contributed by atoms with Gasteiger partial charge in [0.05, 0.1) is 0 Å². The summed E-state index contributed by atoms with van der Waals surface area (Å²) in [5.41, 5.74) is 5.52. The van der Waals surface area contributed by atoms with Crippen LogP contribution < -0.4 is 0 Å². The van der Waals surface area contributed by atoms with Gasteiger partial charge >= 0.3 is 0 Å². The molecular weight excluding hydrogens is 192 g/mol. The largest absolute Gasteiger partial charge is 0.0622 e. The van der Waals surface area contributed by atoms with Crippen LogP contribution in [0.2, 0.25) is 0 Å². The second kappa shape index (κ2) is 3.64. The van der Waals surface area contributed by atoms with Crippen molar-refractivity contribution >= 4 is 12.2 Å². The van der Waals surface area contributed by atoms with Crippen molar-refractivity contribution in [1.29, 1.82) is 0 Å². The van der Waals surface area contributed by atoms with Gasteiger partial charge in [-0.25, -0.2) is 0 Å². The van der Waals surface area contributed by atoms with Crippen molar-refractivity contribution in [1.82, 2.24) is 0 Å². The molecule has 0 N–H and O–H groups in total. The fraction of sp³-hybridized carbons (Fsp3) is 0.125. The van der Waals surface area contributed by atoms with E-state index in [-0.39, 0.29) is 0 Å². The Morgan fingerprint density at radius 3 is 2.12 bits per heavy atom. The molecule has 78 valence electrons. The van der Waals surface area contributed by atoms with Gasteiger partial charge in [0.2, 0.25) is 0 Å². The van der Waals surface area contributed by atoms with E-state index < -0.39 is 0 Å². The van der Waals surface area contributed by atoms with E-state index in [1.165, 1.54) is 22.3 Å². The summed E-state index contributed by atoms with van der Waals surface area (Å²) < 4.78 is 0. The molecule has 0 spiro atoms. The van der Waals surface area contributed by atoms with Gasteiger partial charge in [-0.2, -0.15) is 0 Å². The van der Waals surface area contributed by atoms with E-state index in [9.17, 15) is 0 Å². The number of hydrogen-bond acceptors (Lipinski definition) is 0. The van der Waals surface area contributed by atoms with Crippen LogP contribution in [0.3, 0.4) is 0 Å². The average molecular weight is 206 g/mol. The zero-order chi connectivity index (χ0) is 11.0. The summed E-state index contributed by atoms with van der Waals surface area (Å²) in [4.78, 5) is 0. The van der Waals surface area contributed by atoms with Crippen LogP contribution in [0.4, 0.5) is 0 Å². The smallest absolute Gasteiger partial charge is 0.00612 e. The van der Waals surface area contributed by atoms with E-state index in [2.05, 4.69) is 67.6 Å². The van der Waals surface area contributed by atoms with Crippen LogP contribution in [0.25, 0.3) is 12.2 Å². The van der Waals surface area contributed by atoms with Gasteiger partial charge in [-0.15, -0.1) is 0 Å². The second-order valence-corrected chi connectivity index (χ2v) is 4.35. The first-order valence-corrected chi connectivity index (χ1v) is 5.71. The van der Waals surface area contributed by atoms with Gasteiger partial charge in [-0.3, -0.25) is 0 Å². The molecule has 1 atom stereocenters. The van der Waals surface area contributed by atoms with Gasteiger partial charge in [0.1, 0.15) is 0 Å². The summed E-state index contributed by atoms with van der Waals surface area (Å²) in [5, 5.41) is 0. The third-order valence-electron chi connectivity index (χ3n) is 3.35. The summed E-state index contributed by atoms with van der Waals surface area (Å²) in [5.74, 6) is 0.473. The summed E-state index contributed by atoms with van der Waals surface area (Å²) in [6, 6.07) is 17.4.